The van der Waals surface area contributed by atoms with Gasteiger partial charge in [-0.3, -0.25) is 4.90 Å². The SMILES string of the molecule is O=C1NCC(CN(CC2CCCCN2)C2CC2)O1. The largest absolute Gasteiger partial charge is 0.443 e. The summed E-state index contributed by atoms with van der Waals surface area (Å²) in [6, 6.07) is 1.36. The highest BCUT2D eigenvalue weighted by Crippen LogP contribution is 2.28. The number of nitrogens with zero attached hydrogens (tertiary/aromatic N) is 1. The van der Waals surface area contributed by atoms with E-state index >= 15 is 0 Å². The fraction of sp³-hybridized carbons (Fsp3) is 0.923. The molecule has 0 aromatic rings. The van der Waals surface area contributed by atoms with Crippen molar-refractivity contribution in [2.75, 3.05) is 26.2 Å². The maximum absolute atomic E-state index is 11.0. The Morgan fingerprint density at radius 2 is 2.11 bits per heavy atom. The number of hydrogen-bond acceptors (Lipinski definition) is 4. The van der Waals surface area contributed by atoms with Crippen molar-refractivity contribution in [2.24, 2.45) is 0 Å². The number of cyclic esters (lactones) is 1. The van der Waals surface area contributed by atoms with Gasteiger partial charge in [-0.25, -0.2) is 4.79 Å². The van der Waals surface area contributed by atoms with Crippen molar-refractivity contribution in [2.45, 2.75) is 50.3 Å². The normalized spacial score (nSPS) is 32.4. The lowest BCUT2D eigenvalue weighted by molar-refractivity contribution is 0.0988. The number of rotatable bonds is 5. The second kappa shape index (κ2) is 5.45. The summed E-state index contributed by atoms with van der Waals surface area (Å²) >= 11 is 0. The molecule has 3 rings (SSSR count). The summed E-state index contributed by atoms with van der Waals surface area (Å²) in [6.07, 6.45) is 6.33. The van der Waals surface area contributed by atoms with Crippen LogP contribution in [-0.2, 0) is 4.74 Å². The molecule has 2 aliphatic heterocycles. The predicted molar refractivity (Wildman–Crippen MR) is 68.5 cm³/mol. The molecule has 2 N–H and O–H groups in total. The van der Waals surface area contributed by atoms with Crippen LogP contribution in [0.3, 0.4) is 0 Å². The van der Waals surface area contributed by atoms with E-state index < -0.39 is 0 Å². The molecule has 0 bridgehead atoms. The molecule has 1 aliphatic carbocycles. The van der Waals surface area contributed by atoms with Gasteiger partial charge in [0.15, 0.2) is 0 Å². The number of alkyl carbamates (subject to hydrolysis) is 1. The third-order valence-corrected chi connectivity index (χ3v) is 4.12. The molecule has 3 fully saturated rings. The van der Waals surface area contributed by atoms with Crippen molar-refractivity contribution in [3.05, 3.63) is 0 Å². The van der Waals surface area contributed by atoms with Crippen LogP contribution in [0, 0.1) is 0 Å². The van der Waals surface area contributed by atoms with E-state index in [4.69, 9.17) is 4.74 Å². The zero-order chi connectivity index (χ0) is 12.4. The third kappa shape index (κ3) is 3.14. The summed E-state index contributed by atoms with van der Waals surface area (Å²) in [5.41, 5.74) is 0. The van der Waals surface area contributed by atoms with Gasteiger partial charge >= 0.3 is 6.09 Å². The smallest absolute Gasteiger partial charge is 0.407 e. The average molecular weight is 253 g/mol. The molecule has 5 nitrogen and oxygen atoms in total. The van der Waals surface area contributed by atoms with Crippen LogP contribution >= 0.6 is 0 Å². The highest BCUT2D eigenvalue weighted by molar-refractivity contribution is 5.69. The number of hydrogen-bond donors (Lipinski definition) is 2. The maximum atomic E-state index is 11.0. The second-order valence-corrected chi connectivity index (χ2v) is 5.74. The van der Waals surface area contributed by atoms with Crippen molar-refractivity contribution in [3.63, 3.8) is 0 Å². The molecular formula is C13H23N3O2. The lowest BCUT2D eigenvalue weighted by Crippen LogP contribution is -2.47. The van der Waals surface area contributed by atoms with Crippen LogP contribution in [0.1, 0.15) is 32.1 Å². The van der Waals surface area contributed by atoms with Crippen LogP contribution in [-0.4, -0.2) is 55.4 Å². The fourth-order valence-corrected chi connectivity index (χ4v) is 2.97. The highest BCUT2D eigenvalue weighted by Gasteiger charge is 2.34. The quantitative estimate of drug-likeness (QED) is 0.757. The Hall–Kier alpha value is -0.810. The Morgan fingerprint density at radius 3 is 2.72 bits per heavy atom. The molecule has 3 aliphatic rings. The van der Waals surface area contributed by atoms with Crippen molar-refractivity contribution >= 4 is 6.09 Å². The molecule has 102 valence electrons. The van der Waals surface area contributed by atoms with E-state index in [1.807, 2.05) is 0 Å². The summed E-state index contributed by atoms with van der Waals surface area (Å²) in [7, 11) is 0. The summed E-state index contributed by atoms with van der Waals surface area (Å²) in [5, 5.41) is 6.34. The molecule has 2 unspecified atom stereocenters. The molecule has 5 heteroatoms. The molecule has 0 aromatic heterocycles. The van der Waals surface area contributed by atoms with Crippen molar-refractivity contribution in [3.8, 4) is 0 Å². The molecule has 1 saturated carbocycles. The monoisotopic (exact) mass is 253 g/mol. The second-order valence-electron chi connectivity index (χ2n) is 5.74. The van der Waals surface area contributed by atoms with E-state index in [9.17, 15) is 4.79 Å². The first kappa shape index (κ1) is 12.2. The van der Waals surface area contributed by atoms with Gasteiger partial charge in [0.25, 0.3) is 0 Å². The first-order chi connectivity index (χ1) is 8.81. The summed E-state index contributed by atoms with van der Waals surface area (Å²) in [5.74, 6) is 0. The van der Waals surface area contributed by atoms with Gasteiger partial charge in [-0.05, 0) is 32.2 Å². The molecule has 1 amide bonds. The summed E-state index contributed by atoms with van der Waals surface area (Å²) in [6.45, 7) is 3.82. The molecule has 2 saturated heterocycles. The van der Waals surface area contributed by atoms with E-state index in [1.165, 1.54) is 32.1 Å². The maximum Gasteiger partial charge on any atom is 0.407 e. The minimum atomic E-state index is -0.258. The van der Waals surface area contributed by atoms with Crippen LogP contribution in [0.15, 0.2) is 0 Å². The number of carbonyl (C=O) groups excluding carboxylic acids is 1. The first-order valence-electron chi connectivity index (χ1n) is 7.23. The van der Waals surface area contributed by atoms with Gasteiger partial charge in [0, 0.05) is 25.2 Å². The van der Waals surface area contributed by atoms with E-state index in [2.05, 4.69) is 15.5 Å². The van der Waals surface area contributed by atoms with Crippen LogP contribution in [0.5, 0.6) is 0 Å². The van der Waals surface area contributed by atoms with Gasteiger partial charge in [-0.1, -0.05) is 6.42 Å². The number of amides is 1. The van der Waals surface area contributed by atoms with Gasteiger partial charge in [0.05, 0.1) is 6.54 Å². The Labute approximate surface area is 108 Å². The molecule has 0 aromatic carbocycles. The molecule has 0 radical (unpaired) electrons. The predicted octanol–water partition coefficient (Wildman–Crippen LogP) is 0.701. The van der Waals surface area contributed by atoms with Gasteiger partial charge in [0.1, 0.15) is 6.10 Å². The minimum Gasteiger partial charge on any atom is -0.443 e. The number of piperidine rings is 1. The Balaban J connectivity index is 1.50. The van der Waals surface area contributed by atoms with Gasteiger partial charge < -0.3 is 15.4 Å². The van der Waals surface area contributed by atoms with Crippen LogP contribution in [0.2, 0.25) is 0 Å². The van der Waals surface area contributed by atoms with Gasteiger partial charge in [0.2, 0.25) is 0 Å². The van der Waals surface area contributed by atoms with E-state index in [0.717, 1.165) is 25.7 Å². The number of ether oxygens (including phenoxy) is 1. The number of carbonyl (C=O) groups is 1. The van der Waals surface area contributed by atoms with Gasteiger partial charge in [-0.2, -0.15) is 0 Å². The summed E-state index contributed by atoms with van der Waals surface area (Å²) < 4.78 is 5.25. The van der Waals surface area contributed by atoms with Crippen molar-refractivity contribution < 1.29 is 9.53 Å². The number of nitrogens with one attached hydrogen (secondary N) is 2. The molecule has 2 atom stereocenters. The molecule has 18 heavy (non-hydrogen) atoms. The lowest BCUT2D eigenvalue weighted by Gasteiger charge is -2.31. The van der Waals surface area contributed by atoms with E-state index in [0.29, 0.717) is 12.6 Å². The third-order valence-electron chi connectivity index (χ3n) is 4.12. The summed E-state index contributed by atoms with van der Waals surface area (Å²) in [4.78, 5) is 13.6. The van der Waals surface area contributed by atoms with Crippen molar-refractivity contribution in [1.82, 2.24) is 15.5 Å². The minimum absolute atomic E-state index is 0.0432. The fourth-order valence-electron chi connectivity index (χ4n) is 2.97. The first-order valence-corrected chi connectivity index (χ1v) is 7.23. The standard InChI is InChI=1S/C13H23N3O2/c17-13-15-7-12(18-13)9-16(11-4-5-11)8-10-3-1-2-6-14-10/h10-12,14H,1-9H2,(H,15,17). The zero-order valence-electron chi connectivity index (χ0n) is 10.9. The molecule has 2 heterocycles. The lowest BCUT2D eigenvalue weighted by atomic mass is 10.0. The molecule has 0 spiro atoms. The van der Waals surface area contributed by atoms with Crippen LogP contribution in [0.25, 0.3) is 0 Å². The highest BCUT2D eigenvalue weighted by atomic mass is 16.6. The van der Waals surface area contributed by atoms with Crippen molar-refractivity contribution in [1.29, 1.82) is 0 Å². The Morgan fingerprint density at radius 1 is 1.22 bits per heavy atom. The Bertz CT molecular complexity index is 301. The zero-order valence-corrected chi connectivity index (χ0v) is 10.9. The van der Waals surface area contributed by atoms with Crippen LogP contribution < -0.4 is 10.6 Å². The van der Waals surface area contributed by atoms with E-state index in [1.54, 1.807) is 0 Å². The van der Waals surface area contributed by atoms with Gasteiger partial charge in [-0.15, -0.1) is 0 Å². The molecular weight excluding hydrogens is 230 g/mol. The van der Waals surface area contributed by atoms with Crippen LogP contribution in [0.4, 0.5) is 4.79 Å². The van der Waals surface area contributed by atoms with E-state index in [-0.39, 0.29) is 12.2 Å². The average Bonchev–Trinajstić information content (AvgIpc) is 3.15. The Kier molecular flexibility index (Phi) is 3.70. The topological polar surface area (TPSA) is 53.6 Å².